The van der Waals surface area contributed by atoms with Gasteiger partial charge in [-0.1, -0.05) is 19.9 Å². The second kappa shape index (κ2) is 6.00. The van der Waals surface area contributed by atoms with Gasteiger partial charge in [0.25, 0.3) is 5.56 Å². The van der Waals surface area contributed by atoms with Crippen molar-refractivity contribution in [1.29, 1.82) is 0 Å². The number of carboxylic acid groups (broad SMARTS) is 1. The van der Waals surface area contributed by atoms with Crippen molar-refractivity contribution in [1.82, 2.24) is 9.78 Å². The van der Waals surface area contributed by atoms with Gasteiger partial charge in [-0.2, -0.15) is 5.10 Å². The highest BCUT2D eigenvalue weighted by atomic mass is 32.1. The summed E-state index contributed by atoms with van der Waals surface area (Å²) in [6, 6.07) is 5.39. The van der Waals surface area contributed by atoms with Gasteiger partial charge in [0, 0.05) is 12.1 Å². The van der Waals surface area contributed by atoms with Crippen LogP contribution < -0.4 is 5.56 Å². The maximum absolute atomic E-state index is 12.2. The molecule has 0 aliphatic carbocycles. The van der Waals surface area contributed by atoms with Crippen molar-refractivity contribution in [2.24, 2.45) is 5.92 Å². The monoisotopic (exact) mass is 292 g/mol. The van der Waals surface area contributed by atoms with Crippen LogP contribution in [0.5, 0.6) is 0 Å². The number of rotatable bonds is 5. The van der Waals surface area contributed by atoms with Crippen LogP contribution in [-0.4, -0.2) is 20.9 Å². The third-order valence-electron chi connectivity index (χ3n) is 2.70. The lowest BCUT2D eigenvalue weighted by atomic mass is 10.1. The molecule has 2 aromatic rings. The minimum Gasteiger partial charge on any atom is -0.481 e. The summed E-state index contributed by atoms with van der Waals surface area (Å²) in [7, 11) is 0. The van der Waals surface area contributed by atoms with Gasteiger partial charge in [0.2, 0.25) is 0 Å². The SMILES string of the molecule is CC(C)Cn1nc(-c2cccs2)cc(CC(=O)O)c1=O. The molecule has 0 spiro atoms. The molecule has 0 saturated heterocycles. The van der Waals surface area contributed by atoms with Gasteiger partial charge in [-0.15, -0.1) is 11.3 Å². The lowest BCUT2D eigenvalue weighted by Gasteiger charge is -2.11. The molecule has 0 radical (unpaired) electrons. The molecular weight excluding hydrogens is 276 g/mol. The number of nitrogens with zero attached hydrogens (tertiary/aromatic N) is 2. The molecule has 0 aliphatic heterocycles. The predicted octanol–water partition coefficient (Wildman–Crippen LogP) is 2.25. The Morgan fingerprint density at radius 1 is 1.50 bits per heavy atom. The fourth-order valence-corrected chi connectivity index (χ4v) is 2.58. The first kappa shape index (κ1) is 14.5. The van der Waals surface area contributed by atoms with E-state index in [1.807, 2.05) is 31.4 Å². The molecule has 0 fully saturated rings. The van der Waals surface area contributed by atoms with Crippen LogP contribution in [0, 0.1) is 5.92 Å². The summed E-state index contributed by atoms with van der Waals surface area (Å²) in [4.78, 5) is 24.0. The number of carboxylic acids is 1. The fraction of sp³-hybridized carbons (Fsp3) is 0.357. The Kier molecular flexibility index (Phi) is 4.34. The standard InChI is InChI=1S/C14H16N2O3S/c1-9(2)8-16-14(19)10(7-13(17)18)6-11(15-16)12-4-3-5-20-12/h3-6,9H,7-8H2,1-2H3,(H,17,18). The lowest BCUT2D eigenvalue weighted by Crippen LogP contribution is -2.29. The van der Waals surface area contributed by atoms with E-state index < -0.39 is 5.97 Å². The molecule has 1 N–H and O–H groups in total. The predicted molar refractivity (Wildman–Crippen MR) is 78.0 cm³/mol. The lowest BCUT2D eigenvalue weighted by molar-refractivity contribution is -0.136. The highest BCUT2D eigenvalue weighted by Crippen LogP contribution is 2.22. The van der Waals surface area contributed by atoms with Crippen molar-refractivity contribution in [3.63, 3.8) is 0 Å². The van der Waals surface area contributed by atoms with E-state index in [0.717, 1.165) is 4.88 Å². The third-order valence-corrected chi connectivity index (χ3v) is 3.59. The van der Waals surface area contributed by atoms with Gasteiger partial charge in [0.15, 0.2) is 0 Å². The first-order valence-corrected chi connectivity index (χ1v) is 7.22. The fourth-order valence-electron chi connectivity index (χ4n) is 1.90. The van der Waals surface area contributed by atoms with E-state index in [9.17, 15) is 9.59 Å². The van der Waals surface area contributed by atoms with Gasteiger partial charge in [-0.3, -0.25) is 9.59 Å². The summed E-state index contributed by atoms with van der Waals surface area (Å²) in [6.07, 6.45) is -0.280. The number of hydrogen-bond acceptors (Lipinski definition) is 4. The number of carbonyl (C=O) groups is 1. The van der Waals surface area contributed by atoms with Gasteiger partial charge in [0.05, 0.1) is 11.3 Å². The Bertz CT molecular complexity index is 660. The Morgan fingerprint density at radius 3 is 2.80 bits per heavy atom. The molecule has 2 heterocycles. The molecular formula is C14H16N2O3S. The highest BCUT2D eigenvalue weighted by Gasteiger charge is 2.13. The number of hydrogen-bond donors (Lipinski definition) is 1. The van der Waals surface area contributed by atoms with Crippen molar-refractivity contribution in [2.75, 3.05) is 0 Å². The maximum atomic E-state index is 12.2. The van der Waals surface area contributed by atoms with Gasteiger partial charge < -0.3 is 5.11 Å². The van der Waals surface area contributed by atoms with Crippen LogP contribution in [0.3, 0.4) is 0 Å². The molecule has 0 aromatic carbocycles. The molecule has 0 saturated carbocycles. The van der Waals surface area contributed by atoms with Gasteiger partial charge in [-0.25, -0.2) is 4.68 Å². The van der Waals surface area contributed by atoms with E-state index in [0.29, 0.717) is 12.2 Å². The molecule has 5 nitrogen and oxygen atoms in total. The second-order valence-electron chi connectivity index (χ2n) is 4.98. The Hall–Kier alpha value is -1.95. The van der Waals surface area contributed by atoms with E-state index in [-0.39, 0.29) is 23.5 Å². The van der Waals surface area contributed by atoms with Crippen LogP contribution in [0.25, 0.3) is 10.6 Å². The zero-order valence-electron chi connectivity index (χ0n) is 11.4. The molecule has 0 amide bonds. The Labute approximate surface area is 120 Å². The molecule has 6 heteroatoms. The number of thiophene rings is 1. The summed E-state index contributed by atoms with van der Waals surface area (Å²) in [6.45, 7) is 4.45. The number of aliphatic carboxylic acids is 1. The molecule has 2 aromatic heterocycles. The Morgan fingerprint density at radius 2 is 2.25 bits per heavy atom. The van der Waals surface area contributed by atoms with Crippen LogP contribution in [0.2, 0.25) is 0 Å². The maximum Gasteiger partial charge on any atom is 0.308 e. The minimum atomic E-state index is -1.01. The van der Waals surface area contributed by atoms with Crippen LogP contribution in [0.15, 0.2) is 28.4 Å². The zero-order chi connectivity index (χ0) is 14.7. The van der Waals surface area contributed by atoms with E-state index in [1.165, 1.54) is 16.0 Å². The quantitative estimate of drug-likeness (QED) is 0.917. The van der Waals surface area contributed by atoms with Gasteiger partial charge >= 0.3 is 5.97 Å². The molecule has 0 bridgehead atoms. The summed E-state index contributed by atoms with van der Waals surface area (Å²) in [5.41, 5.74) is 0.606. The van der Waals surface area contributed by atoms with Crippen LogP contribution in [-0.2, 0) is 17.8 Å². The van der Waals surface area contributed by atoms with Crippen molar-refractivity contribution in [3.8, 4) is 10.6 Å². The summed E-state index contributed by atoms with van der Waals surface area (Å²) >= 11 is 1.51. The molecule has 2 rings (SSSR count). The Balaban J connectivity index is 2.53. The molecule has 0 unspecified atom stereocenters. The van der Waals surface area contributed by atoms with Crippen molar-refractivity contribution in [2.45, 2.75) is 26.8 Å². The van der Waals surface area contributed by atoms with E-state index >= 15 is 0 Å². The molecule has 0 aliphatic rings. The van der Waals surface area contributed by atoms with E-state index in [4.69, 9.17) is 5.11 Å². The molecule has 106 valence electrons. The van der Waals surface area contributed by atoms with Crippen molar-refractivity contribution < 1.29 is 9.90 Å². The van der Waals surface area contributed by atoms with E-state index in [2.05, 4.69) is 5.10 Å². The van der Waals surface area contributed by atoms with E-state index in [1.54, 1.807) is 6.07 Å². The van der Waals surface area contributed by atoms with Crippen molar-refractivity contribution in [3.05, 3.63) is 39.5 Å². The summed E-state index contributed by atoms with van der Waals surface area (Å²) in [5.74, 6) is -0.752. The van der Waals surface area contributed by atoms with Crippen LogP contribution in [0.4, 0.5) is 0 Å². The average Bonchev–Trinajstić information content (AvgIpc) is 2.86. The first-order chi connectivity index (χ1) is 9.47. The zero-order valence-corrected chi connectivity index (χ0v) is 12.2. The number of aromatic nitrogens is 2. The molecule has 0 atom stereocenters. The third kappa shape index (κ3) is 3.33. The second-order valence-corrected chi connectivity index (χ2v) is 5.93. The largest absolute Gasteiger partial charge is 0.481 e. The minimum absolute atomic E-state index is 0.261. The van der Waals surface area contributed by atoms with Gasteiger partial charge in [-0.05, 0) is 23.4 Å². The normalized spacial score (nSPS) is 10.9. The van der Waals surface area contributed by atoms with Crippen molar-refractivity contribution >= 4 is 17.3 Å². The van der Waals surface area contributed by atoms with Gasteiger partial charge in [0.1, 0.15) is 5.69 Å². The van der Waals surface area contributed by atoms with Crippen LogP contribution in [0.1, 0.15) is 19.4 Å². The summed E-state index contributed by atoms with van der Waals surface area (Å²) < 4.78 is 1.37. The molecule has 20 heavy (non-hydrogen) atoms. The smallest absolute Gasteiger partial charge is 0.308 e. The topological polar surface area (TPSA) is 72.2 Å². The first-order valence-electron chi connectivity index (χ1n) is 6.34. The summed E-state index contributed by atoms with van der Waals surface area (Å²) in [5, 5.41) is 15.2. The van der Waals surface area contributed by atoms with Crippen LogP contribution >= 0.6 is 11.3 Å². The highest BCUT2D eigenvalue weighted by molar-refractivity contribution is 7.13. The average molecular weight is 292 g/mol.